The Hall–Kier alpha value is -1.64. The number of rotatable bonds is 2. The molecule has 1 heterocycles. The molecule has 1 aliphatic carbocycles. The molecule has 0 saturated carbocycles. The van der Waals surface area contributed by atoms with E-state index in [1.165, 1.54) is 0 Å². The summed E-state index contributed by atoms with van der Waals surface area (Å²) in [5.74, 6) is -0.219. The highest BCUT2D eigenvalue weighted by Crippen LogP contribution is 2.24. The maximum absolute atomic E-state index is 11.4. The highest BCUT2D eigenvalue weighted by atomic mass is 16.5. The van der Waals surface area contributed by atoms with Crippen molar-refractivity contribution >= 4 is 12.0 Å². The molecule has 3 heteroatoms. The van der Waals surface area contributed by atoms with E-state index in [1.807, 2.05) is 19.1 Å². The molecule has 0 unspecified atom stereocenters. The molecule has 0 atom stereocenters. The summed E-state index contributed by atoms with van der Waals surface area (Å²) in [6.45, 7) is 2.23. The molecule has 0 saturated heterocycles. The Balaban J connectivity index is 2.19. The molecule has 3 nitrogen and oxygen atoms in total. The molecule has 0 spiro atoms. The van der Waals surface area contributed by atoms with Crippen molar-refractivity contribution in [2.24, 2.45) is 0 Å². The number of carbonyl (C=O) groups excluding carboxylic acids is 1. The Kier molecular flexibility index (Phi) is 2.31. The van der Waals surface area contributed by atoms with E-state index in [2.05, 4.69) is 4.98 Å². The molecular formula is C11H11NO2. The zero-order chi connectivity index (χ0) is 9.97. The summed E-state index contributed by atoms with van der Waals surface area (Å²) in [4.78, 5) is 15.4. The molecule has 0 bridgehead atoms. The monoisotopic (exact) mass is 189 g/mol. The maximum Gasteiger partial charge on any atom is 0.334 e. The third-order valence-electron chi connectivity index (χ3n) is 2.19. The van der Waals surface area contributed by atoms with E-state index >= 15 is 0 Å². The summed E-state index contributed by atoms with van der Waals surface area (Å²) in [7, 11) is 0. The van der Waals surface area contributed by atoms with Crippen LogP contribution in [0.5, 0.6) is 0 Å². The van der Waals surface area contributed by atoms with E-state index in [0.29, 0.717) is 13.0 Å². The van der Waals surface area contributed by atoms with Crippen LogP contribution in [0.1, 0.15) is 18.1 Å². The number of esters is 1. The Morgan fingerprint density at radius 2 is 2.50 bits per heavy atom. The average molecular weight is 189 g/mol. The Bertz CT molecular complexity index is 396. The zero-order valence-corrected chi connectivity index (χ0v) is 7.99. The van der Waals surface area contributed by atoms with E-state index in [1.54, 1.807) is 12.4 Å². The van der Waals surface area contributed by atoms with Gasteiger partial charge in [0.05, 0.1) is 6.61 Å². The van der Waals surface area contributed by atoms with Gasteiger partial charge in [0.2, 0.25) is 0 Å². The second-order valence-electron chi connectivity index (χ2n) is 3.14. The molecule has 0 radical (unpaired) electrons. The van der Waals surface area contributed by atoms with Crippen molar-refractivity contribution in [1.29, 1.82) is 0 Å². The maximum atomic E-state index is 11.4. The van der Waals surface area contributed by atoms with Gasteiger partial charge in [-0.05, 0) is 30.2 Å². The van der Waals surface area contributed by atoms with Gasteiger partial charge in [-0.3, -0.25) is 4.98 Å². The fourth-order valence-electron chi connectivity index (χ4n) is 1.53. The van der Waals surface area contributed by atoms with Crippen LogP contribution in [0.25, 0.3) is 6.08 Å². The van der Waals surface area contributed by atoms with Gasteiger partial charge in [0, 0.05) is 24.4 Å². The number of ether oxygens (including phenoxy) is 1. The van der Waals surface area contributed by atoms with Crippen LogP contribution in [-0.4, -0.2) is 17.6 Å². The van der Waals surface area contributed by atoms with Gasteiger partial charge in [0.1, 0.15) is 0 Å². The number of hydrogen-bond acceptors (Lipinski definition) is 3. The van der Waals surface area contributed by atoms with Crippen LogP contribution in [0.4, 0.5) is 0 Å². The summed E-state index contributed by atoms with van der Waals surface area (Å²) in [6, 6.07) is 1.90. The van der Waals surface area contributed by atoms with Crippen LogP contribution in [0.2, 0.25) is 0 Å². The number of nitrogens with zero attached hydrogens (tertiary/aromatic N) is 1. The quantitative estimate of drug-likeness (QED) is 0.663. The van der Waals surface area contributed by atoms with Gasteiger partial charge in [-0.15, -0.1) is 0 Å². The van der Waals surface area contributed by atoms with E-state index in [0.717, 1.165) is 16.7 Å². The zero-order valence-electron chi connectivity index (χ0n) is 7.99. The van der Waals surface area contributed by atoms with Gasteiger partial charge < -0.3 is 4.74 Å². The SMILES string of the molecule is CCOC(=O)C1=Cc2ccncc2C1. The summed E-state index contributed by atoms with van der Waals surface area (Å²) in [5.41, 5.74) is 2.88. The minimum Gasteiger partial charge on any atom is -0.463 e. The molecule has 1 aromatic rings. The van der Waals surface area contributed by atoms with Gasteiger partial charge in [-0.1, -0.05) is 0 Å². The molecule has 0 fully saturated rings. The first-order valence-corrected chi connectivity index (χ1v) is 4.62. The van der Waals surface area contributed by atoms with E-state index in [-0.39, 0.29) is 5.97 Å². The number of hydrogen-bond donors (Lipinski definition) is 0. The van der Waals surface area contributed by atoms with Crippen molar-refractivity contribution in [3.63, 3.8) is 0 Å². The molecule has 1 aromatic heterocycles. The summed E-state index contributed by atoms with van der Waals surface area (Å²) in [6.07, 6.45) is 6.03. The Morgan fingerprint density at radius 1 is 1.64 bits per heavy atom. The summed E-state index contributed by atoms with van der Waals surface area (Å²) >= 11 is 0. The fourth-order valence-corrected chi connectivity index (χ4v) is 1.53. The van der Waals surface area contributed by atoms with Gasteiger partial charge in [0.25, 0.3) is 0 Å². The molecule has 0 amide bonds. The van der Waals surface area contributed by atoms with Crippen molar-refractivity contribution < 1.29 is 9.53 Å². The lowest BCUT2D eigenvalue weighted by Crippen LogP contribution is -2.07. The smallest absolute Gasteiger partial charge is 0.334 e. The molecule has 0 N–H and O–H groups in total. The van der Waals surface area contributed by atoms with Crippen molar-refractivity contribution in [2.75, 3.05) is 6.61 Å². The second kappa shape index (κ2) is 3.62. The molecule has 72 valence electrons. The third-order valence-corrected chi connectivity index (χ3v) is 2.19. The first-order chi connectivity index (χ1) is 6.81. The number of fused-ring (bicyclic) bond motifs is 1. The van der Waals surface area contributed by atoms with Gasteiger partial charge in [-0.25, -0.2) is 4.79 Å². The normalized spacial score (nSPS) is 13.4. The van der Waals surface area contributed by atoms with Crippen molar-refractivity contribution in [1.82, 2.24) is 4.98 Å². The minimum atomic E-state index is -0.219. The van der Waals surface area contributed by atoms with Gasteiger partial charge in [0.15, 0.2) is 0 Å². The fraction of sp³-hybridized carbons (Fsp3) is 0.273. The molecular weight excluding hydrogens is 178 g/mol. The topological polar surface area (TPSA) is 39.2 Å². The van der Waals surface area contributed by atoms with Gasteiger partial charge >= 0.3 is 5.97 Å². The van der Waals surface area contributed by atoms with E-state index in [9.17, 15) is 4.79 Å². The first kappa shape index (κ1) is 8.94. The summed E-state index contributed by atoms with van der Waals surface area (Å²) in [5, 5.41) is 0. The van der Waals surface area contributed by atoms with Crippen LogP contribution in [-0.2, 0) is 16.0 Å². The highest BCUT2D eigenvalue weighted by Gasteiger charge is 2.18. The van der Waals surface area contributed by atoms with E-state index in [4.69, 9.17) is 4.74 Å². The first-order valence-electron chi connectivity index (χ1n) is 4.62. The Morgan fingerprint density at radius 3 is 3.21 bits per heavy atom. The van der Waals surface area contributed by atoms with Crippen molar-refractivity contribution in [3.05, 3.63) is 35.2 Å². The largest absolute Gasteiger partial charge is 0.463 e. The highest BCUT2D eigenvalue weighted by molar-refractivity contribution is 5.96. The predicted octanol–water partition coefficient (Wildman–Crippen LogP) is 1.58. The number of aromatic nitrogens is 1. The third kappa shape index (κ3) is 1.53. The average Bonchev–Trinajstić information content (AvgIpc) is 2.61. The molecule has 2 rings (SSSR count). The van der Waals surface area contributed by atoms with E-state index < -0.39 is 0 Å². The molecule has 14 heavy (non-hydrogen) atoms. The number of carbonyl (C=O) groups is 1. The van der Waals surface area contributed by atoms with Crippen LogP contribution in [0.3, 0.4) is 0 Å². The lowest BCUT2D eigenvalue weighted by atomic mass is 10.2. The molecule has 1 aliphatic rings. The molecule has 0 aromatic carbocycles. The standard InChI is InChI=1S/C11H11NO2/c1-2-14-11(13)9-5-8-3-4-12-7-10(8)6-9/h3-5,7H,2,6H2,1H3. The van der Waals surface area contributed by atoms with Crippen LogP contribution < -0.4 is 0 Å². The Labute approximate surface area is 82.4 Å². The predicted molar refractivity (Wildman–Crippen MR) is 52.6 cm³/mol. The van der Waals surface area contributed by atoms with Gasteiger partial charge in [-0.2, -0.15) is 0 Å². The second-order valence-corrected chi connectivity index (χ2v) is 3.14. The van der Waals surface area contributed by atoms with Crippen LogP contribution >= 0.6 is 0 Å². The van der Waals surface area contributed by atoms with Crippen LogP contribution in [0, 0.1) is 0 Å². The summed E-state index contributed by atoms with van der Waals surface area (Å²) < 4.78 is 4.93. The molecule has 0 aliphatic heterocycles. The lowest BCUT2D eigenvalue weighted by molar-refractivity contribution is -0.138. The lowest BCUT2D eigenvalue weighted by Gasteiger charge is -2.00. The minimum absolute atomic E-state index is 0.219. The van der Waals surface area contributed by atoms with Crippen molar-refractivity contribution in [2.45, 2.75) is 13.3 Å². The van der Waals surface area contributed by atoms with Crippen molar-refractivity contribution in [3.8, 4) is 0 Å². The number of pyridine rings is 1. The van der Waals surface area contributed by atoms with Crippen LogP contribution in [0.15, 0.2) is 24.0 Å².